The minimum Gasteiger partial charge on any atom is -0.396 e. The molecule has 4 N–H and O–H groups in total. The van der Waals surface area contributed by atoms with Crippen molar-refractivity contribution in [3.05, 3.63) is 0 Å². The third kappa shape index (κ3) is 43.1. The minimum absolute atomic E-state index is 0.306. The van der Waals surface area contributed by atoms with Crippen LogP contribution in [0, 0.1) is 17.3 Å². The Bertz CT molecular complexity index is 164. The highest BCUT2D eigenvalue weighted by Crippen LogP contribution is 2.21. The first-order valence-electron chi connectivity index (χ1n) is 7.54. The lowest BCUT2D eigenvalue weighted by Gasteiger charge is -2.17. The minimum atomic E-state index is -1.12. The smallest absolute Gasteiger partial charge is 0.151 e. The molecule has 0 aromatic carbocycles. The molecule has 0 spiro atoms. The Morgan fingerprint density at radius 3 is 1.25 bits per heavy atom. The van der Waals surface area contributed by atoms with Crippen LogP contribution >= 0.6 is 0 Å². The van der Waals surface area contributed by atoms with Crippen LogP contribution in [0.2, 0.25) is 0 Å². The van der Waals surface area contributed by atoms with Crippen LogP contribution in [0.1, 0.15) is 67.7 Å². The summed E-state index contributed by atoms with van der Waals surface area (Å²) in [6.45, 7) is 14.9. The summed E-state index contributed by atoms with van der Waals surface area (Å²) in [4.78, 5) is 0. The maximum absolute atomic E-state index is 8.50. The largest absolute Gasteiger partial charge is 0.396 e. The first kappa shape index (κ1) is 24.8. The summed E-state index contributed by atoms with van der Waals surface area (Å²) in [6.07, 6.45) is 1.31. The van der Waals surface area contributed by atoms with Crippen LogP contribution in [0.4, 0.5) is 0 Å². The Kier molecular flexibility index (Phi) is 18.9. The van der Waals surface area contributed by atoms with Crippen molar-refractivity contribution < 1.29 is 20.4 Å². The summed E-state index contributed by atoms with van der Waals surface area (Å²) in [5.74, 6) is 0.880. The number of hydrogen-bond acceptors (Lipinski definition) is 4. The van der Waals surface area contributed by atoms with Crippen molar-refractivity contribution in [2.24, 2.45) is 17.3 Å². The second-order valence-corrected chi connectivity index (χ2v) is 7.09. The first-order chi connectivity index (χ1) is 8.96. The Morgan fingerprint density at radius 2 is 1.10 bits per heavy atom. The van der Waals surface area contributed by atoms with Gasteiger partial charge in [-0.2, -0.15) is 0 Å². The average Bonchev–Trinajstić information content (AvgIpc) is 2.28. The van der Waals surface area contributed by atoms with Crippen molar-refractivity contribution >= 4 is 0 Å². The van der Waals surface area contributed by atoms with Gasteiger partial charge in [0.25, 0.3) is 0 Å². The molecule has 0 fully saturated rings. The van der Waals surface area contributed by atoms with E-state index in [0.29, 0.717) is 36.9 Å². The van der Waals surface area contributed by atoms with E-state index >= 15 is 0 Å². The molecule has 0 aliphatic carbocycles. The van der Waals surface area contributed by atoms with Gasteiger partial charge in [0.1, 0.15) is 0 Å². The predicted octanol–water partition coefficient (Wildman–Crippen LogP) is 2.78. The topological polar surface area (TPSA) is 80.9 Å². The fraction of sp³-hybridized carbons (Fsp3) is 1.00. The zero-order valence-electron chi connectivity index (χ0n) is 14.6. The van der Waals surface area contributed by atoms with Gasteiger partial charge in [0.15, 0.2) is 6.29 Å². The molecule has 4 heteroatoms. The summed E-state index contributed by atoms with van der Waals surface area (Å²) in [5, 5.41) is 33.3. The molecule has 0 heterocycles. The third-order valence-corrected chi connectivity index (χ3v) is 2.12. The number of aliphatic hydroxyl groups is 4. The molecule has 0 aromatic heterocycles. The number of rotatable bonds is 5. The van der Waals surface area contributed by atoms with Gasteiger partial charge in [-0.1, -0.05) is 48.5 Å². The standard InChI is InChI=1S/C8H18O2.2C4H10O/c1-8(2,3)6-4-5-7(9)10;2*1-4(2)3-5/h7,9-10H,4-6H2,1-3H3;2*4-5H,3H2,1-2H3. The van der Waals surface area contributed by atoms with E-state index in [1.165, 1.54) is 0 Å². The van der Waals surface area contributed by atoms with Gasteiger partial charge in [0.05, 0.1) is 0 Å². The van der Waals surface area contributed by atoms with E-state index in [4.69, 9.17) is 20.4 Å². The zero-order chi connectivity index (χ0) is 16.8. The monoisotopic (exact) mass is 294 g/mol. The van der Waals surface area contributed by atoms with E-state index in [-0.39, 0.29) is 0 Å². The normalized spacial score (nSPS) is 11.1. The van der Waals surface area contributed by atoms with Gasteiger partial charge in [-0.15, -0.1) is 0 Å². The SMILES string of the molecule is CC(C)(C)CCCC(O)O.CC(C)CO.CC(C)CO. The first-order valence-corrected chi connectivity index (χ1v) is 7.54. The van der Waals surface area contributed by atoms with Crippen LogP contribution in [-0.2, 0) is 0 Å². The van der Waals surface area contributed by atoms with E-state index in [0.717, 1.165) is 12.8 Å². The van der Waals surface area contributed by atoms with Crippen LogP contribution in [0.15, 0.2) is 0 Å². The molecule has 20 heavy (non-hydrogen) atoms. The molecule has 126 valence electrons. The fourth-order valence-corrected chi connectivity index (χ4v) is 0.815. The Labute approximate surface area is 125 Å². The summed E-state index contributed by atoms with van der Waals surface area (Å²) in [5.41, 5.74) is 0.314. The van der Waals surface area contributed by atoms with Crippen LogP contribution in [0.3, 0.4) is 0 Å². The van der Waals surface area contributed by atoms with Gasteiger partial charge in [-0.3, -0.25) is 0 Å². The lowest BCUT2D eigenvalue weighted by Crippen LogP contribution is -2.08. The van der Waals surface area contributed by atoms with Gasteiger partial charge < -0.3 is 20.4 Å². The van der Waals surface area contributed by atoms with Crippen molar-refractivity contribution in [1.82, 2.24) is 0 Å². The van der Waals surface area contributed by atoms with E-state index in [9.17, 15) is 0 Å². The van der Waals surface area contributed by atoms with E-state index < -0.39 is 6.29 Å². The van der Waals surface area contributed by atoms with Crippen LogP contribution in [0.25, 0.3) is 0 Å². The van der Waals surface area contributed by atoms with Crippen LogP contribution in [-0.4, -0.2) is 39.9 Å². The van der Waals surface area contributed by atoms with E-state index in [1.54, 1.807) is 0 Å². The summed E-state index contributed by atoms with van der Waals surface area (Å²) >= 11 is 0. The highest BCUT2D eigenvalue weighted by atomic mass is 16.5. The molecule has 0 radical (unpaired) electrons. The summed E-state index contributed by atoms with van der Waals surface area (Å²) in [7, 11) is 0. The predicted molar refractivity (Wildman–Crippen MR) is 85.4 cm³/mol. The molecule has 0 bridgehead atoms. The van der Waals surface area contributed by atoms with Gasteiger partial charge >= 0.3 is 0 Å². The van der Waals surface area contributed by atoms with Gasteiger partial charge in [-0.25, -0.2) is 0 Å². The van der Waals surface area contributed by atoms with Crippen molar-refractivity contribution in [1.29, 1.82) is 0 Å². The number of aliphatic hydroxyl groups excluding tert-OH is 3. The summed E-state index contributed by atoms with van der Waals surface area (Å²) < 4.78 is 0. The van der Waals surface area contributed by atoms with Crippen molar-refractivity contribution in [2.45, 2.75) is 74.0 Å². The molecule has 0 aliphatic rings. The maximum atomic E-state index is 8.50. The highest BCUT2D eigenvalue weighted by Gasteiger charge is 2.09. The molecular weight excluding hydrogens is 256 g/mol. The molecule has 0 unspecified atom stereocenters. The van der Waals surface area contributed by atoms with Gasteiger partial charge in [-0.05, 0) is 36.5 Å². The highest BCUT2D eigenvalue weighted by molar-refractivity contribution is 4.60. The lowest BCUT2D eigenvalue weighted by molar-refractivity contribution is -0.0476. The second-order valence-electron chi connectivity index (χ2n) is 7.09. The zero-order valence-corrected chi connectivity index (χ0v) is 14.6. The van der Waals surface area contributed by atoms with Crippen LogP contribution in [0.5, 0.6) is 0 Å². The molecule has 0 amide bonds. The van der Waals surface area contributed by atoms with E-state index in [1.807, 2.05) is 27.7 Å². The molecule has 0 atom stereocenters. The van der Waals surface area contributed by atoms with Crippen molar-refractivity contribution in [2.75, 3.05) is 13.2 Å². The van der Waals surface area contributed by atoms with Gasteiger partial charge in [0, 0.05) is 13.2 Å². The Morgan fingerprint density at radius 1 is 0.800 bits per heavy atom. The number of hydrogen-bond donors (Lipinski definition) is 4. The molecule has 0 rings (SSSR count). The maximum Gasteiger partial charge on any atom is 0.151 e. The Balaban J connectivity index is -0.000000244. The molecule has 0 saturated heterocycles. The van der Waals surface area contributed by atoms with Gasteiger partial charge in [0.2, 0.25) is 0 Å². The quantitative estimate of drug-likeness (QED) is 0.588. The van der Waals surface area contributed by atoms with Crippen molar-refractivity contribution in [3.63, 3.8) is 0 Å². The molecule has 4 nitrogen and oxygen atoms in total. The third-order valence-electron chi connectivity index (χ3n) is 2.12. The molecule has 0 aromatic rings. The molecular formula is C16H38O4. The lowest BCUT2D eigenvalue weighted by atomic mass is 9.90. The Hall–Kier alpha value is -0.160. The summed E-state index contributed by atoms with van der Waals surface area (Å²) in [6, 6.07) is 0. The average molecular weight is 294 g/mol. The molecule has 0 saturated carbocycles. The van der Waals surface area contributed by atoms with Crippen LogP contribution < -0.4 is 0 Å². The molecule has 0 aliphatic heterocycles. The second kappa shape index (κ2) is 15.2. The van der Waals surface area contributed by atoms with E-state index in [2.05, 4.69) is 20.8 Å². The van der Waals surface area contributed by atoms with Crippen molar-refractivity contribution in [3.8, 4) is 0 Å². The fourth-order valence-electron chi connectivity index (χ4n) is 0.815.